The van der Waals surface area contributed by atoms with Crippen LogP contribution in [0.1, 0.15) is 21.6 Å². The zero-order valence-corrected chi connectivity index (χ0v) is 13.3. The minimum atomic E-state index is -0.350. The third-order valence-electron chi connectivity index (χ3n) is 2.84. The zero-order chi connectivity index (χ0) is 14.2. The summed E-state index contributed by atoms with van der Waals surface area (Å²) in [7, 11) is 1.73. The zero-order valence-electron chi connectivity index (χ0n) is 10.4. The molecule has 0 saturated heterocycles. The smallest absolute Gasteiger partial charge is 0.168 e. The lowest BCUT2D eigenvalue weighted by atomic mass is 10.0. The quantitative estimate of drug-likeness (QED) is 0.591. The first-order valence-corrected chi connectivity index (χ1v) is 7.02. The average Bonchev–Trinajstić information content (AvgIpc) is 2.56. The number of hydrogen-bond donors (Lipinski definition) is 0. The van der Waals surface area contributed by atoms with Crippen LogP contribution in [0.4, 0.5) is 4.39 Å². The third kappa shape index (κ3) is 2.97. The van der Waals surface area contributed by atoms with Crippen LogP contribution in [0.3, 0.4) is 0 Å². The van der Waals surface area contributed by atoms with Gasteiger partial charge in [0.2, 0.25) is 0 Å². The number of aromatic nitrogens is 2. The highest BCUT2D eigenvalue weighted by atomic mass is 127. The van der Waals surface area contributed by atoms with Crippen LogP contribution < -0.4 is 0 Å². The van der Waals surface area contributed by atoms with Gasteiger partial charge in [0.25, 0.3) is 0 Å². The number of carbonyl (C=O) groups is 1. The molecule has 3 nitrogen and oxygen atoms in total. The van der Waals surface area contributed by atoms with Crippen molar-refractivity contribution in [3.05, 3.63) is 49.6 Å². The molecule has 0 aliphatic heterocycles. The fourth-order valence-electron chi connectivity index (χ4n) is 1.85. The van der Waals surface area contributed by atoms with E-state index in [1.54, 1.807) is 7.05 Å². The van der Waals surface area contributed by atoms with Crippen LogP contribution in [0.5, 0.6) is 0 Å². The van der Waals surface area contributed by atoms with Gasteiger partial charge < -0.3 is 0 Å². The largest absolute Gasteiger partial charge is 0.294 e. The van der Waals surface area contributed by atoms with Gasteiger partial charge in [0.05, 0.1) is 5.69 Å². The second-order valence-electron chi connectivity index (χ2n) is 4.20. The molecule has 0 fully saturated rings. The Balaban J connectivity index is 2.31. The van der Waals surface area contributed by atoms with Crippen molar-refractivity contribution in [2.45, 2.75) is 13.3 Å². The molecule has 0 aliphatic carbocycles. The summed E-state index contributed by atoms with van der Waals surface area (Å²) in [5.74, 6) is -0.445. The van der Waals surface area contributed by atoms with E-state index in [-0.39, 0.29) is 18.0 Å². The number of hydrogen-bond acceptors (Lipinski definition) is 2. The van der Waals surface area contributed by atoms with E-state index in [4.69, 9.17) is 11.6 Å². The summed E-state index contributed by atoms with van der Waals surface area (Å²) in [5.41, 5.74) is 1.95. The highest BCUT2D eigenvalue weighted by Crippen LogP contribution is 2.22. The average molecular weight is 393 g/mol. The lowest BCUT2D eigenvalue weighted by Gasteiger charge is -2.04. The Bertz CT molecular complexity index is 654. The number of nitrogens with zero attached hydrogens (tertiary/aromatic N) is 2. The van der Waals surface area contributed by atoms with Crippen LogP contribution in [-0.4, -0.2) is 15.6 Å². The van der Waals surface area contributed by atoms with Gasteiger partial charge in [-0.05, 0) is 47.7 Å². The Morgan fingerprint density at radius 3 is 2.74 bits per heavy atom. The number of rotatable bonds is 3. The van der Waals surface area contributed by atoms with Gasteiger partial charge in [-0.3, -0.25) is 9.48 Å². The highest BCUT2D eigenvalue weighted by Gasteiger charge is 2.17. The molecule has 19 heavy (non-hydrogen) atoms. The molecule has 100 valence electrons. The summed E-state index contributed by atoms with van der Waals surface area (Å²) in [6, 6.07) is 4.12. The molecule has 2 aromatic rings. The molecular formula is C13H11ClFIN2O. The van der Waals surface area contributed by atoms with Gasteiger partial charge in [-0.1, -0.05) is 11.6 Å². The molecule has 1 heterocycles. The maximum atomic E-state index is 13.0. The van der Waals surface area contributed by atoms with E-state index >= 15 is 0 Å². The summed E-state index contributed by atoms with van der Waals surface area (Å²) < 4.78 is 15.2. The number of carbonyl (C=O) groups excluding carboxylic acids is 1. The van der Waals surface area contributed by atoms with Crippen molar-refractivity contribution >= 4 is 40.0 Å². The first kappa shape index (κ1) is 14.5. The normalized spacial score (nSPS) is 10.8. The van der Waals surface area contributed by atoms with Crippen molar-refractivity contribution in [1.82, 2.24) is 9.78 Å². The van der Waals surface area contributed by atoms with Gasteiger partial charge in [0, 0.05) is 28.2 Å². The summed E-state index contributed by atoms with van der Waals surface area (Å²) in [4.78, 5) is 12.2. The maximum Gasteiger partial charge on any atom is 0.168 e. The summed E-state index contributed by atoms with van der Waals surface area (Å²) in [5, 5.41) is 4.63. The van der Waals surface area contributed by atoms with E-state index in [0.29, 0.717) is 19.9 Å². The van der Waals surface area contributed by atoms with Crippen LogP contribution in [0.2, 0.25) is 5.15 Å². The molecule has 0 N–H and O–H groups in total. The molecule has 0 atom stereocenters. The molecule has 2 rings (SSSR count). The molecule has 1 aromatic heterocycles. The number of benzene rings is 1. The fraction of sp³-hybridized carbons (Fsp3) is 0.231. The predicted octanol–water partition coefficient (Wildman–Crippen LogP) is 3.55. The van der Waals surface area contributed by atoms with Gasteiger partial charge in [-0.15, -0.1) is 0 Å². The number of Topliss-reactive ketones (excluding diaryl/α,β-unsaturated/α-hetero) is 1. The van der Waals surface area contributed by atoms with Gasteiger partial charge in [0.1, 0.15) is 11.0 Å². The van der Waals surface area contributed by atoms with Gasteiger partial charge in [-0.25, -0.2) is 4.39 Å². The first-order valence-electron chi connectivity index (χ1n) is 5.56. The van der Waals surface area contributed by atoms with E-state index in [1.807, 2.05) is 29.5 Å². The summed E-state index contributed by atoms with van der Waals surface area (Å²) >= 11 is 8.05. The highest BCUT2D eigenvalue weighted by molar-refractivity contribution is 14.1. The molecule has 0 aliphatic rings. The Morgan fingerprint density at radius 2 is 2.21 bits per heavy atom. The standard InChI is InChI=1S/C13H11ClFIN2O/c1-7-10(13(14)18(2)17-7)6-12(19)9-4-3-8(15)5-11(9)16/h3-5H,6H2,1-2H3. The van der Waals surface area contributed by atoms with Crippen molar-refractivity contribution < 1.29 is 9.18 Å². The summed E-state index contributed by atoms with van der Waals surface area (Å²) in [6.45, 7) is 1.81. The van der Waals surface area contributed by atoms with Crippen molar-refractivity contribution in [1.29, 1.82) is 0 Å². The van der Waals surface area contributed by atoms with Gasteiger partial charge >= 0.3 is 0 Å². The van der Waals surface area contributed by atoms with Crippen molar-refractivity contribution in [3.8, 4) is 0 Å². The van der Waals surface area contributed by atoms with Crippen molar-refractivity contribution in [2.75, 3.05) is 0 Å². The predicted molar refractivity (Wildman–Crippen MR) is 80.1 cm³/mol. The van der Waals surface area contributed by atoms with Gasteiger partial charge in [0.15, 0.2) is 5.78 Å². The van der Waals surface area contributed by atoms with Gasteiger partial charge in [-0.2, -0.15) is 5.10 Å². The maximum absolute atomic E-state index is 13.0. The topological polar surface area (TPSA) is 34.9 Å². The van der Waals surface area contributed by atoms with Crippen LogP contribution >= 0.6 is 34.2 Å². The van der Waals surface area contributed by atoms with Crippen LogP contribution in [0, 0.1) is 16.3 Å². The third-order valence-corrected chi connectivity index (χ3v) is 4.20. The van der Waals surface area contributed by atoms with Crippen molar-refractivity contribution in [2.24, 2.45) is 7.05 Å². The fourth-order valence-corrected chi connectivity index (χ4v) is 2.87. The molecule has 0 saturated carbocycles. The SMILES string of the molecule is Cc1nn(C)c(Cl)c1CC(=O)c1ccc(F)cc1I. The van der Waals surface area contributed by atoms with E-state index in [2.05, 4.69) is 5.10 Å². The molecule has 0 bridgehead atoms. The van der Waals surface area contributed by atoms with Crippen LogP contribution in [0.25, 0.3) is 0 Å². The molecule has 0 unspecified atom stereocenters. The second-order valence-corrected chi connectivity index (χ2v) is 5.72. The minimum Gasteiger partial charge on any atom is -0.294 e. The Morgan fingerprint density at radius 1 is 1.53 bits per heavy atom. The second kappa shape index (κ2) is 5.58. The Labute approximate surface area is 128 Å². The van der Waals surface area contributed by atoms with E-state index in [9.17, 15) is 9.18 Å². The Hall–Kier alpha value is -0.950. The molecule has 1 aromatic carbocycles. The molecule has 0 amide bonds. The number of halogens is 3. The monoisotopic (exact) mass is 392 g/mol. The first-order chi connectivity index (χ1) is 8.90. The minimum absolute atomic E-state index is 0.0950. The molecule has 0 spiro atoms. The van der Waals surface area contributed by atoms with Crippen LogP contribution in [0.15, 0.2) is 18.2 Å². The summed E-state index contributed by atoms with van der Waals surface area (Å²) in [6.07, 6.45) is 0.167. The van der Waals surface area contributed by atoms with E-state index in [1.165, 1.54) is 22.9 Å². The van der Waals surface area contributed by atoms with E-state index < -0.39 is 0 Å². The molecule has 0 radical (unpaired) electrons. The van der Waals surface area contributed by atoms with Crippen LogP contribution in [-0.2, 0) is 13.5 Å². The number of ketones is 1. The lowest BCUT2D eigenvalue weighted by Crippen LogP contribution is -2.07. The number of aryl methyl sites for hydroxylation is 2. The van der Waals surface area contributed by atoms with Crippen molar-refractivity contribution in [3.63, 3.8) is 0 Å². The Kier molecular flexibility index (Phi) is 4.25. The lowest BCUT2D eigenvalue weighted by molar-refractivity contribution is 0.0992. The van der Waals surface area contributed by atoms with E-state index in [0.717, 1.165) is 5.69 Å². The molecular weight excluding hydrogens is 382 g/mol. The molecule has 6 heteroatoms.